The standard InChI is InChI=1S/C12H20N2O4/c1-8-2-3-13-11(8)12(17)14-4-5-18-9(7-14)6-10(15)16/h8-9,11,13H,2-7H2,1H3,(H,15,16). The maximum Gasteiger partial charge on any atom is 0.306 e. The molecule has 0 saturated carbocycles. The van der Waals surface area contributed by atoms with Crippen molar-refractivity contribution in [3.8, 4) is 0 Å². The minimum Gasteiger partial charge on any atom is -0.481 e. The summed E-state index contributed by atoms with van der Waals surface area (Å²) < 4.78 is 5.36. The second-order valence-corrected chi connectivity index (χ2v) is 5.07. The van der Waals surface area contributed by atoms with Gasteiger partial charge in [-0.05, 0) is 18.9 Å². The molecule has 0 aromatic rings. The van der Waals surface area contributed by atoms with Gasteiger partial charge in [-0.1, -0.05) is 6.92 Å². The molecule has 0 aromatic heterocycles. The molecule has 6 nitrogen and oxygen atoms in total. The van der Waals surface area contributed by atoms with Crippen LogP contribution < -0.4 is 5.32 Å². The summed E-state index contributed by atoms with van der Waals surface area (Å²) in [6, 6.07) is -0.117. The predicted octanol–water partition coefficient (Wildman–Crippen LogP) is -0.313. The Bertz CT molecular complexity index is 334. The first-order valence-corrected chi connectivity index (χ1v) is 6.43. The highest BCUT2D eigenvalue weighted by atomic mass is 16.5. The van der Waals surface area contributed by atoms with Crippen LogP contribution in [0.3, 0.4) is 0 Å². The minimum atomic E-state index is -0.887. The van der Waals surface area contributed by atoms with Crippen molar-refractivity contribution in [3.63, 3.8) is 0 Å². The van der Waals surface area contributed by atoms with E-state index in [9.17, 15) is 9.59 Å². The van der Waals surface area contributed by atoms with Crippen LogP contribution in [0.4, 0.5) is 0 Å². The first-order valence-electron chi connectivity index (χ1n) is 6.43. The Morgan fingerprint density at radius 1 is 1.50 bits per heavy atom. The third-order valence-electron chi connectivity index (χ3n) is 3.65. The molecule has 0 aromatic carbocycles. The molecular weight excluding hydrogens is 236 g/mol. The molecule has 102 valence electrons. The van der Waals surface area contributed by atoms with Gasteiger partial charge in [-0.15, -0.1) is 0 Å². The quantitative estimate of drug-likeness (QED) is 0.724. The summed E-state index contributed by atoms with van der Waals surface area (Å²) >= 11 is 0. The molecule has 2 aliphatic rings. The number of hydrogen-bond donors (Lipinski definition) is 2. The summed E-state index contributed by atoms with van der Waals surface area (Å²) in [5.41, 5.74) is 0. The third-order valence-corrected chi connectivity index (χ3v) is 3.65. The molecule has 2 aliphatic heterocycles. The summed E-state index contributed by atoms with van der Waals surface area (Å²) in [7, 11) is 0. The molecular formula is C12H20N2O4. The Morgan fingerprint density at radius 3 is 2.89 bits per heavy atom. The maximum absolute atomic E-state index is 12.3. The van der Waals surface area contributed by atoms with E-state index in [1.54, 1.807) is 4.90 Å². The Balaban J connectivity index is 1.91. The fourth-order valence-corrected chi connectivity index (χ4v) is 2.60. The van der Waals surface area contributed by atoms with E-state index in [0.717, 1.165) is 13.0 Å². The molecule has 6 heteroatoms. The molecule has 2 saturated heterocycles. The molecule has 1 amide bonds. The van der Waals surface area contributed by atoms with Crippen molar-refractivity contribution in [2.24, 2.45) is 5.92 Å². The molecule has 3 unspecified atom stereocenters. The number of hydrogen-bond acceptors (Lipinski definition) is 4. The number of ether oxygens (including phenoxy) is 1. The van der Waals surface area contributed by atoms with Crippen LogP contribution in [0.2, 0.25) is 0 Å². The van der Waals surface area contributed by atoms with Gasteiger partial charge in [0, 0.05) is 13.1 Å². The van der Waals surface area contributed by atoms with Crippen LogP contribution in [-0.4, -0.2) is 60.3 Å². The summed E-state index contributed by atoms with van der Waals surface area (Å²) in [4.78, 5) is 24.7. The lowest BCUT2D eigenvalue weighted by atomic mass is 10.0. The smallest absolute Gasteiger partial charge is 0.306 e. The highest BCUT2D eigenvalue weighted by Crippen LogP contribution is 2.18. The van der Waals surface area contributed by atoms with Crippen molar-refractivity contribution in [2.75, 3.05) is 26.2 Å². The molecule has 0 aliphatic carbocycles. The van der Waals surface area contributed by atoms with Crippen LogP contribution in [0.1, 0.15) is 19.8 Å². The number of nitrogens with one attached hydrogen (secondary N) is 1. The topological polar surface area (TPSA) is 78.9 Å². The van der Waals surface area contributed by atoms with Gasteiger partial charge in [-0.2, -0.15) is 0 Å². The Morgan fingerprint density at radius 2 is 2.28 bits per heavy atom. The van der Waals surface area contributed by atoms with Gasteiger partial charge in [0.05, 0.1) is 25.2 Å². The van der Waals surface area contributed by atoms with Crippen LogP contribution in [-0.2, 0) is 14.3 Å². The number of rotatable bonds is 3. The van der Waals surface area contributed by atoms with Crippen molar-refractivity contribution in [2.45, 2.75) is 31.9 Å². The van der Waals surface area contributed by atoms with Gasteiger partial charge >= 0.3 is 5.97 Å². The van der Waals surface area contributed by atoms with E-state index in [0.29, 0.717) is 25.6 Å². The summed E-state index contributed by atoms with van der Waals surface area (Å²) in [5, 5.41) is 12.0. The van der Waals surface area contributed by atoms with Crippen molar-refractivity contribution in [1.82, 2.24) is 10.2 Å². The van der Waals surface area contributed by atoms with Crippen LogP contribution in [0, 0.1) is 5.92 Å². The Kier molecular flexibility index (Phi) is 4.19. The fourth-order valence-electron chi connectivity index (χ4n) is 2.60. The van der Waals surface area contributed by atoms with Crippen molar-refractivity contribution < 1.29 is 19.4 Å². The lowest BCUT2D eigenvalue weighted by Gasteiger charge is -2.34. The van der Waals surface area contributed by atoms with Crippen molar-refractivity contribution in [3.05, 3.63) is 0 Å². The van der Waals surface area contributed by atoms with Crippen molar-refractivity contribution in [1.29, 1.82) is 0 Å². The largest absolute Gasteiger partial charge is 0.481 e. The number of aliphatic carboxylic acids is 1. The number of morpholine rings is 1. The summed E-state index contributed by atoms with van der Waals surface area (Å²) in [5.74, 6) is -0.460. The normalized spacial score (nSPS) is 32.5. The number of carboxylic acid groups (broad SMARTS) is 1. The number of nitrogens with zero attached hydrogens (tertiary/aromatic N) is 1. The van der Waals surface area contributed by atoms with E-state index in [4.69, 9.17) is 9.84 Å². The van der Waals surface area contributed by atoms with Crippen LogP contribution in [0.25, 0.3) is 0 Å². The van der Waals surface area contributed by atoms with Crippen molar-refractivity contribution >= 4 is 11.9 Å². The number of carbonyl (C=O) groups excluding carboxylic acids is 1. The average molecular weight is 256 g/mol. The number of carboxylic acids is 1. The monoisotopic (exact) mass is 256 g/mol. The van der Waals surface area contributed by atoms with Gasteiger partial charge < -0.3 is 20.1 Å². The second-order valence-electron chi connectivity index (χ2n) is 5.07. The molecule has 2 fully saturated rings. The number of carbonyl (C=O) groups is 2. The summed E-state index contributed by atoms with van der Waals surface area (Å²) in [6.07, 6.45) is 0.591. The molecule has 18 heavy (non-hydrogen) atoms. The lowest BCUT2D eigenvalue weighted by Crippen LogP contribution is -2.52. The molecule has 0 bridgehead atoms. The number of amides is 1. The second kappa shape index (κ2) is 5.67. The van der Waals surface area contributed by atoms with E-state index in [1.165, 1.54) is 0 Å². The van der Waals surface area contributed by atoms with E-state index in [2.05, 4.69) is 12.2 Å². The predicted molar refractivity (Wildman–Crippen MR) is 64.1 cm³/mol. The van der Waals surface area contributed by atoms with E-state index in [-0.39, 0.29) is 24.5 Å². The molecule has 2 N–H and O–H groups in total. The first kappa shape index (κ1) is 13.3. The molecule has 0 spiro atoms. The Labute approximate surface area is 106 Å². The van der Waals surface area contributed by atoms with Gasteiger partial charge in [0.2, 0.25) is 5.91 Å². The molecule has 0 radical (unpaired) electrons. The highest BCUT2D eigenvalue weighted by Gasteiger charge is 2.35. The molecule has 3 atom stereocenters. The highest BCUT2D eigenvalue weighted by molar-refractivity contribution is 5.82. The zero-order valence-corrected chi connectivity index (χ0v) is 10.6. The lowest BCUT2D eigenvalue weighted by molar-refractivity contribution is -0.149. The summed E-state index contributed by atoms with van der Waals surface area (Å²) in [6.45, 7) is 4.30. The van der Waals surface area contributed by atoms with E-state index >= 15 is 0 Å². The van der Waals surface area contributed by atoms with Gasteiger partial charge in [0.1, 0.15) is 0 Å². The SMILES string of the molecule is CC1CCNC1C(=O)N1CCOC(CC(=O)O)C1. The molecule has 2 rings (SSSR count). The fraction of sp³-hybridized carbons (Fsp3) is 0.833. The zero-order chi connectivity index (χ0) is 13.1. The third kappa shape index (κ3) is 3.00. The van der Waals surface area contributed by atoms with Gasteiger partial charge in [-0.25, -0.2) is 0 Å². The van der Waals surface area contributed by atoms with Crippen LogP contribution in [0.5, 0.6) is 0 Å². The maximum atomic E-state index is 12.3. The Hall–Kier alpha value is -1.14. The minimum absolute atomic E-state index is 0.0442. The average Bonchev–Trinajstić information content (AvgIpc) is 2.74. The van der Waals surface area contributed by atoms with Gasteiger partial charge in [0.15, 0.2) is 0 Å². The van der Waals surface area contributed by atoms with Crippen LogP contribution in [0.15, 0.2) is 0 Å². The first-order chi connectivity index (χ1) is 8.58. The van der Waals surface area contributed by atoms with Gasteiger partial charge in [-0.3, -0.25) is 9.59 Å². The van der Waals surface area contributed by atoms with E-state index < -0.39 is 5.97 Å². The van der Waals surface area contributed by atoms with Gasteiger partial charge in [0.25, 0.3) is 0 Å². The zero-order valence-electron chi connectivity index (χ0n) is 10.6. The van der Waals surface area contributed by atoms with E-state index in [1.807, 2.05) is 0 Å². The molecule has 2 heterocycles. The van der Waals surface area contributed by atoms with Crippen LogP contribution >= 0.6 is 0 Å².